The standard InChI is InChI=1S/C19H23N5OS/c1-2-16(25-13-1)17-4-3-15(26-17)14-22-9-11-23(12-10-22)19-6-5-18-20-7-8-24(18)21-19/h3-8,16H,1-2,9-14H2/t16-/m0/s1. The predicted molar refractivity (Wildman–Crippen MR) is 103 cm³/mol. The lowest BCUT2D eigenvalue weighted by molar-refractivity contribution is 0.114. The van der Waals surface area contributed by atoms with Gasteiger partial charge in [0.15, 0.2) is 5.65 Å². The quantitative estimate of drug-likeness (QED) is 0.708. The number of hydrogen-bond acceptors (Lipinski definition) is 6. The van der Waals surface area contributed by atoms with E-state index >= 15 is 0 Å². The summed E-state index contributed by atoms with van der Waals surface area (Å²) in [5, 5.41) is 4.67. The normalized spacial score (nSPS) is 21.7. The smallest absolute Gasteiger partial charge is 0.153 e. The average molecular weight is 369 g/mol. The molecule has 5 rings (SSSR count). The van der Waals surface area contributed by atoms with Crippen LogP contribution in [-0.2, 0) is 11.3 Å². The lowest BCUT2D eigenvalue weighted by Gasteiger charge is -2.35. The van der Waals surface area contributed by atoms with Crippen molar-refractivity contribution in [2.75, 3.05) is 37.7 Å². The van der Waals surface area contributed by atoms with Gasteiger partial charge in [-0.25, -0.2) is 9.50 Å². The second-order valence-corrected chi connectivity index (χ2v) is 8.19. The van der Waals surface area contributed by atoms with Crippen molar-refractivity contribution in [3.63, 3.8) is 0 Å². The van der Waals surface area contributed by atoms with Gasteiger partial charge < -0.3 is 9.64 Å². The van der Waals surface area contributed by atoms with Gasteiger partial charge >= 0.3 is 0 Å². The molecule has 2 saturated heterocycles. The van der Waals surface area contributed by atoms with E-state index in [1.54, 1.807) is 6.20 Å². The fraction of sp³-hybridized carbons (Fsp3) is 0.474. The number of hydrogen-bond donors (Lipinski definition) is 0. The molecule has 3 aromatic heterocycles. The first-order valence-corrected chi connectivity index (χ1v) is 10.1. The van der Waals surface area contributed by atoms with Gasteiger partial charge in [0.2, 0.25) is 0 Å². The van der Waals surface area contributed by atoms with Crippen LogP contribution in [0.25, 0.3) is 5.65 Å². The molecule has 136 valence electrons. The van der Waals surface area contributed by atoms with Crippen LogP contribution in [0.1, 0.15) is 28.7 Å². The molecular formula is C19H23N5OS. The van der Waals surface area contributed by atoms with Crippen LogP contribution in [0.3, 0.4) is 0 Å². The molecule has 3 aromatic rings. The largest absolute Gasteiger partial charge is 0.373 e. The molecule has 7 heteroatoms. The first-order chi connectivity index (χ1) is 12.8. The zero-order valence-electron chi connectivity index (χ0n) is 14.8. The molecular weight excluding hydrogens is 346 g/mol. The summed E-state index contributed by atoms with van der Waals surface area (Å²) in [6, 6.07) is 8.65. The average Bonchev–Trinajstić information content (AvgIpc) is 3.42. The summed E-state index contributed by atoms with van der Waals surface area (Å²) in [5.41, 5.74) is 0.895. The number of rotatable bonds is 4. The summed E-state index contributed by atoms with van der Waals surface area (Å²) < 4.78 is 7.65. The van der Waals surface area contributed by atoms with E-state index in [9.17, 15) is 0 Å². The Kier molecular flexibility index (Phi) is 4.36. The Morgan fingerprint density at radius 2 is 2.04 bits per heavy atom. The summed E-state index contributed by atoms with van der Waals surface area (Å²) in [6.07, 6.45) is 6.40. The number of ether oxygens (including phenoxy) is 1. The lowest BCUT2D eigenvalue weighted by Crippen LogP contribution is -2.46. The molecule has 0 spiro atoms. The highest BCUT2D eigenvalue weighted by Crippen LogP contribution is 2.33. The van der Waals surface area contributed by atoms with Crippen LogP contribution < -0.4 is 4.90 Å². The molecule has 2 fully saturated rings. The first kappa shape index (κ1) is 16.2. The van der Waals surface area contributed by atoms with Gasteiger partial charge in [0, 0.05) is 61.5 Å². The van der Waals surface area contributed by atoms with Crippen LogP contribution >= 0.6 is 11.3 Å². The molecule has 0 aromatic carbocycles. The Hall–Kier alpha value is -1.96. The van der Waals surface area contributed by atoms with Gasteiger partial charge in [-0.1, -0.05) is 0 Å². The van der Waals surface area contributed by atoms with E-state index in [0.717, 1.165) is 50.8 Å². The monoisotopic (exact) mass is 369 g/mol. The number of imidazole rings is 1. The molecule has 0 radical (unpaired) electrons. The van der Waals surface area contributed by atoms with E-state index in [-0.39, 0.29) is 0 Å². The predicted octanol–water partition coefficient (Wildman–Crippen LogP) is 2.96. The van der Waals surface area contributed by atoms with Gasteiger partial charge in [0.05, 0.1) is 6.10 Å². The van der Waals surface area contributed by atoms with Gasteiger partial charge in [-0.05, 0) is 37.1 Å². The van der Waals surface area contributed by atoms with E-state index < -0.39 is 0 Å². The van der Waals surface area contributed by atoms with Crippen molar-refractivity contribution in [3.8, 4) is 0 Å². The maximum atomic E-state index is 5.81. The van der Waals surface area contributed by atoms with Gasteiger partial charge in [0.1, 0.15) is 5.82 Å². The summed E-state index contributed by atoms with van der Waals surface area (Å²) in [4.78, 5) is 12.0. The van der Waals surface area contributed by atoms with Crippen LogP contribution in [-0.4, -0.2) is 52.3 Å². The van der Waals surface area contributed by atoms with Crippen LogP contribution in [0.5, 0.6) is 0 Å². The van der Waals surface area contributed by atoms with Crippen molar-refractivity contribution in [2.45, 2.75) is 25.5 Å². The Bertz CT molecular complexity index is 877. The maximum Gasteiger partial charge on any atom is 0.153 e. The van der Waals surface area contributed by atoms with Crippen LogP contribution in [0.2, 0.25) is 0 Å². The molecule has 0 aliphatic carbocycles. The minimum atomic E-state index is 0.342. The van der Waals surface area contributed by atoms with E-state index in [1.165, 1.54) is 22.6 Å². The molecule has 5 heterocycles. The van der Waals surface area contributed by atoms with Crippen LogP contribution in [0.15, 0.2) is 36.7 Å². The molecule has 0 N–H and O–H groups in total. The van der Waals surface area contributed by atoms with Crippen molar-refractivity contribution < 1.29 is 4.74 Å². The fourth-order valence-corrected chi connectivity index (χ4v) is 4.92. The highest BCUT2D eigenvalue weighted by atomic mass is 32.1. The summed E-state index contributed by atoms with van der Waals surface area (Å²) in [6.45, 7) is 6.11. The Morgan fingerprint density at radius 3 is 2.88 bits per heavy atom. The maximum absolute atomic E-state index is 5.81. The summed E-state index contributed by atoms with van der Waals surface area (Å²) >= 11 is 1.92. The van der Waals surface area contributed by atoms with Crippen molar-refractivity contribution in [1.82, 2.24) is 19.5 Å². The molecule has 1 atom stereocenters. The number of aromatic nitrogens is 3. The molecule has 0 amide bonds. The number of fused-ring (bicyclic) bond motifs is 1. The Labute approximate surface area is 157 Å². The SMILES string of the molecule is c1cn2nc(N3CCN(Cc4ccc([C@@H]5CCCO5)s4)CC3)ccc2n1. The molecule has 0 unspecified atom stereocenters. The highest BCUT2D eigenvalue weighted by molar-refractivity contribution is 7.12. The second-order valence-electron chi connectivity index (χ2n) is 6.99. The minimum Gasteiger partial charge on any atom is -0.373 e. The van der Waals surface area contributed by atoms with E-state index in [2.05, 4.69) is 38.1 Å². The van der Waals surface area contributed by atoms with Crippen molar-refractivity contribution in [3.05, 3.63) is 46.4 Å². The Balaban J connectivity index is 1.19. The third kappa shape index (κ3) is 3.22. The summed E-state index contributed by atoms with van der Waals surface area (Å²) in [5.74, 6) is 1.03. The van der Waals surface area contributed by atoms with Gasteiger partial charge in [-0.15, -0.1) is 16.4 Å². The number of thiophene rings is 1. The lowest BCUT2D eigenvalue weighted by atomic mass is 10.2. The van der Waals surface area contributed by atoms with Gasteiger partial charge in [-0.2, -0.15) is 0 Å². The van der Waals surface area contributed by atoms with E-state index in [0.29, 0.717) is 6.10 Å². The second kappa shape index (κ2) is 6.98. The van der Waals surface area contributed by atoms with Gasteiger partial charge in [-0.3, -0.25) is 4.90 Å². The third-order valence-corrected chi connectivity index (χ3v) is 6.41. The van der Waals surface area contributed by atoms with E-state index in [4.69, 9.17) is 4.74 Å². The first-order valence-electron chi connectivity index (χ1n) is 9.33. The zero-order valence-corrected chi connectivity index (χ0v) is 15.6. The number of nitrogens with zero attached hydrogens (tertiary/aromatic N) is 5. The van der Waals surface area contributed by atoms with Crippen LogP contribution in [0, 0.1) is 0 Å². The molecule has 26 heavy (non-hydrogen) atoms. The number of piperazine rings is 1. The number of anilines is 1. The molecule has 2 aliphatic rings. The van der Waals surface area contributed by atoms with Gasteiger partial charge in [0.25, 0.3) is 0 Å². The van der Waals surface area contributed by atoms with E-state index in [1.807, 2.05) is 28.1 Å². The summed E-state index contributed by atoms with van der Waals surface area (Å²) in [7, 11) is 0. The molecule has 2 aliphatic heterocycles. The van der Waals surface area contributed by atoms with Crippen molar-refractivity contribution in [1.29, 1.82) is 0 Å². The Morgan fingerprint density at radius 1 is 1.12 bits per heavy atom. The molecule has 6 nitrogen and oxygen atoms in total. The van der Waals surface area contributed by atoms with Crippen molar-refractivity contribution >= 4 is 22.8 Å². The minimum absolute atomic E-state index is 0.342. The third-order valence-electron chi connectivity index (χ3n) is 5.25. The topological polar surface area (TPSA) is 45.9 Å². The van der Waals surface area contributed by atoms with Crippen molar-refractivity contribution in [2.24, 2.45) is 0 Å². The molecule has 0 saturated carbocycles. The van der Waals surface area contributed by atoms with Crippen LogP contribution in [0.4, 0.5) is 5.82 Å². The highest BCUT2D eigenvalue weighted by Gasteiger charge is 2.22. The molecule has 0 bridgehead atoms. The fourth-order valence-electron chi connectivity index (χ4n) is 3.78. The zero-order chi connectivity index (χ0) is 17.3.